The molecule has 2 saturated carbocycles. The van der Waals surface area contributed by atoms with E-state index in [0.29, 0.717) is 10.8 Å². The molecule has 2 aromatic heterocycles. The van der Waals surface area contributed by atoms with Gasteiger partial charge in [-0.3, -0.25) is 9.97 Å². The van der Waals surface area contributed by atoms with Crippen molar-refractivity contribution in [3.05, 3.63) is 108 Å². The second kappa shape index (κ2) is 16.8. The third-order valence-electron chi connectivity index (χ3n) is 8.39. The summed E-state index contributed by atoms with van der Waals surface area (Å²) in [5.74, 6) is 0. The second-order valence-corrected chi connectivity index (χ2v) is 13.6. The first-order valence-electron chi connectivity index (χ1n) is 14.8. The van der Waals surface area contributed by atoms with Gasteiger partial charge >= 0.3 is 0 Å². The van der Waals surface area contributed by atoms with E-state index < -0.39 is 0 Å². The molecule has 0 amide bonds. The molecule has 2 unspecified atom stereocenters. The largest absolute Gasteiger partial charge is 0.255 e. The SMILES string of the molecule is CC1(Cc2ccc(-c3cc(CC4(C)CCCC4)ccn3)nc2)CCCC1.Pc1ccccc1.Pc1ccccc1.[Ru]. The number of hydrogen-bond acceptors (Lipinski definition) is 2. The normalized spacial score (nSPS) is 16.4. The number of hydrogen-bond donors (Lipinski definition) is 0. The summed E-state index contributed by atoms with van der Waals surface area (Å²) in [6.07, 6.45) is 17.3. The van der Waals surface area contributed by atoms with Gasteiger partial charge in [0.2, 0.25) is 0 Å². The van der Waals surface area contributed by atoms with Crippen LogP contribution in [0.2, 0.25) is 0 Å². The summed E-state index contributed by atoms with van der Waals surface area (Å²) in [5, 5.41) is 2.48. The van der Waals surface area contributed by atoms with Crippen LogP contribution in [0.3, 0.4) is 0 Å². The first-order valence-corrected chi connectivity index (χ1v) is 16.0. The number of pyridine rings is 2. The Morgan fingerprint density at radius 3 is 1.49 bits per heavy atom. The van der Waals surface area contributed by atoms with Crippen LogP contribution in [-0.4, -0.2) is 9.97 Å². The number of rotatable bonds is 5. The van der Waals surface area contributed by atoms with Crippen molar-refractivity contribution in [2.45, 2.75) is 78.1 Å². The number of benzene rings is 2. The Kier molecular flexibility index (Phi) is 13.8. The smallest absolute Gasteiger partial charge is 0.0888 e. The fourth-order valence-electron chi connectivity index (χ4n) is 6.11. The summed E-state index contributed by atoms with van der Waals surface area (Å²) in [5.41, 5.74) is 5.76. The number of aromatic nitrogens is 2. The number of nitrogens with zero attached hydrogens (tertiary/aromatic N) is 2. The maximum Gasteiger partial charge on any atom is 0.0888 e. The minimum absolute atomic E-state index is 0. The topological polar surface area (TPSA) is 25.8 Å². The van der Waals surface area contributed by atoms with E-state index in [9.17, 15) is 0 Å². The minimum atomic E-state index is 0. The molecular formula is C36H46N2P2Ru. The van der Waals surface area contributed by atoms with Crippen LogP contribution in [0.15, 0.2) is 97.3 Å². The molecule has 0 N–H and O–H groups in total. The van der Waals surface area contributed by atoms with Crippen molar-refractivity contribution in [3.8, 4) is 11.4 Å². The summed E-state index contributed by atoms with van der Waals surface area (Å²) < 4.78 is 0. The molecule has 0 radical (unpaired) electrons. The van der Waals surface area contributed by atoms with Crippen LogP contribution in [0.1, 0.15) is 76.3 Å². The minimum Gasteiger partial charge on any atom is -0.255 e. The third kappa shape index (κ3) is 11.4. The molecule has 6 rings (SSSR count). The molecule has 2 aliphatic rings. The van der Waals surface area contributed by atoms with Gasteiger partial charge in [0.15, 0.2) is 0 Å². The fourth-order valence-corrected chi connectivity index (χ4v) is 6.55. The zero-order chi connectivity index (χ0) is 28.3. The Morgan fingerprint density at radius 1 is 0.585 bits per heavy atom. The standard InChI is InChI=1S/C24H32N2.2C6H7P.Ru/c1-23(10-3-4-11-23)16-19-9-14-25-22(15-19)21-8-7-20(18-26-21)17-24(2)12-5-6-13-24;2*7-6-4-2-1-3-5-6;/h7-9,14-15,18H,3-6,10-13,16-17H2,1-2H3;2*1-5H,7H2;. The van der Waals surface area contributed by atoms with Gasteiger partial charge in [-0.25, -0.2) is 0 Å². The molecule has 41 heavy (non-hydrogen) atoms. The molecule has 0 saturated heterocycles. The molecule has 5 heteroatoms. The van der Waals surface area contributed by atoms with E-state index in [4.69, 9.17) is 4.98 Å². The first kappa shape index (κ1) is 33.7. The van der Waals surface area contributed by atoms with Crippen molar-refractivity contribution in [2.75, 3.05) is 0 Å². The van der Waals surface area contributed by atoms with Gasteiger partial charge in [0, 0.05) is 31.9 Å². The van der Waals surface area contributed by atoms with Gasteiger partial charge in [-0.1, -0.05) is 106 Å². The summed E-state index contributed by atoms with van der Waals surface area (Å²) in [4.78, 5) is 9.34. The molecule has 2 aliphatic carbocycles. The third-order valence-corrected chi connectivity index (χ3v) is 9.16. The van der Waals surface area contributed by atoms with Crippen molar-refractivity contribution < 1.29 is 19.5 Å². The van der Waals surface area contributed by atoms with Crippen LogP contribution in [-0.2, 0) is 32.3 Å². The van der Waals surface area contributed by atoms with Crippen molar-refractivity contribution in [3.63, 3.8) is 0 Å². The van der Waals surface area contributed by atoms with E-state index in [1.807, 2.05) is 66.9 Å². The summed E-state index contributed by atoms with van der Waals surface area (Å²) in [6, 6.07) is 29.1. The van der Waals surface area contributed by atoms with Gasteiger partial charge in [0.05, 0.1) is 11.4 Å². The molecule has 2 heterocycles. The van der Waals surface area contributed by atoms with Crippen molar-refractivity contribution in [2.24, 2.45) is 10.8 Å². The second-order valence-electron chi connectivity index (χ2n) is 12.3. The van der Waals surface area contributed by atoms with Gasteiger partial charge in [-0.05, 0) is 89.3 Å². The van der Waals surface area contributed by atoms with E-state index in [2.05, 4.69) is 67.8 Å². The molecular weight excluding hydrogens is 623 g/mol. The van der Waals surface area contributed by atoms with E-state index in [1.165, 1.54) is 79.5 Å². The molecule has 218 valence electrons. The molecule has 0 aliphatic heterocycles. The first-order chi connectivity index (χ1) is 19.3. The van der Waals surface area contributed by atoms with Crippen molar-refractivity contribution in [1.82, 2.24) is 9.97 Å². The van der Waals surface area contributed by atoms with Crippen LogP contribution in [0.4, 0.5) is 0 Å². The maximum absolute atomic E-state index is 4.75. The Labute approximate surface area is 266 Å². The molecule has 4 aromatic rings. The monoisotopic (exact) mass is 670 g/mol. The summed E-state index contributed by atoms with van der Waals surface area (Å²) in [7, 11) is 5.26. The molecule has 2 aromatic carbocycles. The zero-order valence-corrected chi connectivity index (χ0v) is 28.8. The molecule has 2 nitrogen and oxygen atoms in total. The van der Waals surface area contributed by atoms with Crippen LogP contribution in [0.5, 0.6) is 0 Å². The Bertz CT molecular complexity index is 1250. The van der Waals surface area contributed by atoms with E-state index in [0.717, 1.165) is 17.8 Å². The van der Waals surface area contributed by atoms with Gasteiger partial charge < -0.3 is 0 Å². The van der Waals surface area contributed by atoms with E-state index in [1.54, 1.807) is 0 Å². The zero-order valence-electron chi connectivity index (χ0n) is 24.7. The van der Waals surface area contributed by atoms with E-state index in [-0.39, 0.29) is 19.5 Å². The molecule has 0 spiro atoms. The predicted octanol–water partition coefficient (Wildman–Crippen LogP) is 8.76. The van der Waals surface area contributed by atoms with Gasteiger partial charge in [0.25, 0.3) is 0 Å². The van der Waals surface area contributed by atoms with E-state index >= 15 is 0 Å². The van der Waals surface area contributed by atoms with Gasteiger partial charge in [-0.15, -0.1) is 18.5 Å². The van der Waals surface area contributed by atoms with Crippen LogP contribution in [0.25, 0.3) is 11.4 Å². The summed E-state index contributed by atoms with van der Waals surface area (Å²) in [6.45, 7) is 4.87. The quantitative estimate of drug-likeness (QED) is 0.157. The average molecular weight is 670 g/mol. The van der Waals surface area contributed by atoms with Crippen molar-refractivity contribution >= 4 is 29.1 Å². The molecule has 2 fully saturated rings. The van der Waals surface area contributed by atoms with Crippen LogP contribution < -0.4 is 10.6 Å². The summed E-state index contributed by atoms with van der Waals surface area (Å²) >= 11 is 0. The molecule has 0 bridgehead atoms. The van der Waals surface area contributed by atoms with Gasteiger partial charge in [-0.2, -0.15) is 0 Å². The Balaban J connectivity index is 0.000000252. The maximum atomic E-state index is 4.75. The predicted molar refractivity (Wildman–Crippen MR) is 180 cm³/mol. The Morgan fingerprint density at radius 2 is 1.07 bits per heavy atom. The van der Waals surface area contributed by atoms with Crippen molar-refractivity contribution in [1.29, 1.82) is 0 Å². The fraction of sp³-hybridized carbons (Fsp3) is 0.389. The Hall–Kier alpha value is -1.78. The van der Waals surface area contributed by atoms with Crippen LogP contribution in [0, 0.1) is 10.8 Å². The molecule has 2 atom stereocenters. The average Bonchev–Trinajstić information content (AvgIpc) is 3.59. The van der Waals surface area contributed by atoms with Crippen LogP contribution >= 0.6 is 18.5 Å². The van der Waals surface area contributed by atoms with Gasteiger partial charge in [0.1, 0.15) is 0 Å².